The molecule has 1 fully saturated rings. The highest BCUT2D eigenvalue weighted by Crippen LogP contribution is 2.40. The minimum atomic E-state index is -0.270. The minimum absolute atomic E-state index is 0.0264. The largest absolute Gasteiger partial charge is 0.311 e. The SMILES string of the molecule is O=C1CC(c2cccc(F)c2)c2cnn(C3CCCC3)c2N1. The molecule has 22 heavy (non-hydrogen) atoms. The first-order valence-electron chi connectivity index (χ1n) is 7.85. The Morgan fingerprint density at radius 2 is 2.09 bits per heavy atom. The van der Waals surface area contributed by atoms with Gasteiger partial charge in [0.15, 0.2) is 0 Å². The van der Waals surface area contributed by atoms with Crippen molar-refractivity contribution in [3.63, 3.8) is 0 Å². The predicted octanol–water partition coefficient (Wildman–Crippen LogP) is 3.61. The highest BCUT2D eigenvalue weighted by atomic mass is 19.1. The molecule has 2 aliphatic rings. The van der Waals surface area contributed by atoms with Crippen molar-refractivity contribution in [1.29, 1.82) is 0 Å². The molecule has 1 aliphatic carbocycles. The first-order valence-corrected chi connectivity index (χ1v) is 7.85. The van der Waals surface area contributed by atoms with Crippen LogP contribution in [-0.2, 0) is 4.79 Å². The molecule has 0 saturated heterocycles. The van der Waals surface area contributed by atoms with Crippen LogP contribution in [0.5, 0.6) is 0 Å². The fourth-order valence-corrected chi connectivity index (χ4v) is 3.68. The van der Waals surface area contributed by atoms with Crippen molar-refractivity contribution in [1.82, 2.24) is 9.78 Å². The average molecular weight is 299 g/mol. The van der Waals surface area contributed by atoms with E-state index < -0.39 is 0 Å². The van der Waals surface area contributed by atoms with Gasteiger partial charge in [0.2, 0.25) is 5.91 Å². The third kappa shape index (κ3) is 2.21. The zero-order valence-electron chi connectivity index (χ0n) is 12.3. The molecule has 1 aromatic heterocycles. The summed E-state index contributed by atoms with van der Waals surface area (Å²) in [5, 5.41) is 7.49. The number of benzene rings is 1. The normalized spacial score (nSPS) is 21.7. The number of hydrogen-bond acceptors (Lipinski definition) is 2. The van der Waals surface area contributed by atoms with Gasteiger partial charge in [-0.25, -0.2) is 9.07 Å². The Balaban J connectivity index is 1.76. The fourth-order valence-electron chi connectivity index (χ4n) is 3.68. The summed E-state index contributed by atoms with van der Waals surface area (Å²) >= 11 is 0. The number of nitrogens with one attached hydrogen (secondary N) is 1. The number of fused-ring (bicyclic) bond motifs is 1. The first-order chi connectivity index (χ1) is 10.7. The molecule has 1 aromatic carbocycles. The summed E-state index contributed by atoms with van der Waals surface area (Å²) in [7, 11) is 0. The third-order valence-corrected chi connectivity index (χ3v) is 4.77. The summed E-state index contributed by atoms with van der Waals surface area (Å²) in [6.07, 6.45) is 6.81. The van der Waals surface area contributed by atoms with Crippen LogP contribution in [0.25, 0.3) is 0 Å². The second-order valence-corrected chi connectivity index (χ2v) is 6.19. The number of anilines is 1. The van der Waals surface area contributed by atoms with Crippen LogP contribution in [0, 0.1) is 5.82 Å². The lowest BCUT2D eigenvalue weighted by Crippen LogP contribution is -2.25. The number of halogens is 1. The quantitative estimate of drug-likeness (QED) is 0.920. The van der Waals surface area contributed by atoms with E-state index in [0.29, 0.717) is 12.5 Å². The smallest absolute Gasteiger partial charge is 0.226 e. The Morgan fingerprint density at radius 3 is 2.86 bits per heavy atom. The third-order valence-electron chi connectivity index (χ3n) is 4.77. The summed E-state index contributed by atoms with van der Waals surface area (Å²) in [5.74, 6) is 0.390. The Kier molecular flexibility index (Phi) is 3.21. The van der Waals surface area contributed by atoms with Gasteiger partial charge in [0.25, 0.3) is 0 Å². The molecule has 2 aromatic rings. The molecular formula is C17H18FN3O. The van der Waals surface area contributed by atoms with E-state index in [1.54, 1.807) is 6.07 Å². The summed E-state index contributed by atoms with van der Waals surface area (Å²) in [5.41, 5.74) is 1.83. The molecule has 2 heterocycles. The lowest BCUT2D eigenvalue weighted by Gasteiger charge is -2.25. The van der Waals surface area contributed by atoms with Gasteiger partial charge in [0.05, 0.1) is 12.2 Å². The summed E-state index contributed by atoms with van der Waals surface area (Å²) in [6.45, 7) is 0. The molecule has 0 spiro atoms. The molecule has 1 aliphatic heterocycles. The van der Waals surface area contributed by atoms with Gasteiger partial charge < -0.3 is 5.32 Å². The standard InChI is InChI=1S/C17H18FN3O/c18-12-5-3-4-11(8-12)14-9-16(22)20-17-15(14)10-19-21(17)13-6-1-2-7-13/h3-5,8,10,13-14H,1-2,6-7,9H2,(H,20,22). The number of hydrogen-bond donors (Lipinski definition) is 1. The second-order valence-electron chi connectivity index (χ2n) is 6.19. The summed E-state index contributed by atoms with van der Waals surface area (Å²) in [6, 6.07) is 6.88. The highest BCUT2D eigenvalue weighted by Gasteiger charge is 2.32. The van der Waals surface area contributed by atoms with E-state index in [9.17, 15) is 9.18 Å². The van der Waals surface area contributed by atoms with Crippen molar-refractivity contribution in [3.8, 4) is 0 Å². The van der Waals surface area contributed by atoms with Gasteiger partial charge in [-0.15, -0.1) is 0 Å². The molecule has 1 unspecified atom stereocenters. The molecule has 4 nitrogen and oxygen atoms in total. The molecule has 1 amide bonds. The van der Waals surface area contributed by atoms with Crippen LogP contribution in [0.3, 0.4) is 0 Å². The number of amides is 1. The van der Waals surface area contributed by atoms with Crippen molar-refractivity contribution in [2.75, 3.05) is 5.32 Å². The number of aromatic nitrogens is 2. The fraction of sp³-hybridized carbons (Fsp3) is 0.412. The highest BCUT2D eigenvalue weighted by molar-refractivity contribution is 5.94. The zero-order valence-corrected chi connectivity index (χ0v) is 12.3. The maximum Gasteiger partial charge on any atom is 0.226 e. The van der Waals surface area contributed by atoms with E-state index in [0.717, 1.165) is 29.8 Å². The maximum atomic E-state index is 13.5. The molecule has 1 atom stereocenters. The van der Waals surface area contributed by atoms with E-state index in [1.807, 2.05) is 16.9 Å². The van der Waals surface area contributed by atoms with E-state index in [1.165, 1.54) is 25.0 Å². The van der Waals surface area contributed by atoms with Crippen molar-refractivity contribution >= 4 is 11.7 Å². The summed E-state index contributed by atoms with van der Waals surface area (Å²) in [4.78, 5) is 12.1. The van der Waals surface area contributed by atoms with E-state index >= 15 is 0 Å². The Labute approximate surface area is 128 Å². The van der Waals surface area contributed by atoms with Crippen LogP contribution < -0.4 is 5.32 Å². The van der Waals surface area contributed by atoms with Gasteiger partial charge in [-0.2, -0.15) is 5.10 Å². The molecule has 0 radical (unpaired) electrons. The van der Waals surface area contributed by atoms with E-state index in [-0.39, 0.29) is 17.6 Å². The molecule has 5 heteroatoms. The molecule has 0 bridgehead atoms. The van der Waals surface area contributed by atoms with Gasteiger partial charge in [-0.05, 0) is 30.5 Å². The van der Waals surface area contributed by atoms with Gasteiger partial charge in [0, 0.05) is 17.9 Å². The van der Waals surface area contributed by atoms with Crippen LogP contribution >= 0.6 is 0 Å². The number of nitrogens with zero attached hydrogens (tertiary/aromatic N) is 2. The number of carbonyl (C=O) groups is 1. The van der Waals surface area contributed by atoms with Crippen molar-refractivity contribution in [2.24, 2.45) is 0 Å². The van der Waals surface area contributed by atoms with Crippen LogP contribution in [-0.4, -0.2) is 15.7 Å². The topological polar surface area (TPSA) is 46.9 Å². The number of carbonyl (C=O) groups excluding carboxylic acids is 1. The van der Waals surface area contributed by atoms with E-state index in [4.69, 9.17) is 0 Å². The maximum absolute atomic E-state index is 13.5. The van der Waals surface area contributed by atoms with E-state index in [2.05, 4.69) is 10.4 Å². The average Bonchev–Trinajstić information content (AvgIpc) is 3.14. The van der Waals surface area contributed by atoms with Crippen molar-refractivity contribution in [2.45, 2.75) is 44.1 Å². The molecule has 4 rings (SSSR count). The van der Waals surface area contributed by atoms with Crippen LogP contribution in [0.4, 0.5) is 10.2 Å². The lowest BCUT2D eigenvalue weighted by molar-refractivity contribution is -0.116. The first kappa shape index (κ1) is 13.5. The second kappa shape index (κ2) is 5.23. The molecule has 1 N–H and O–H groups in total. The van der Waals surface area contributed by atoms with Gasteiger partial charge in [-0.1, -0.05) is 25.0 Å². The minimum Gasteiger partial charge on any atom is -0.311 e. The number of rotatable bonds is 2. The predicted molar refractivity (Wildman–Crippen MR) is 81.2 cm³/mol. The Bertz CT molecular complexity index is 718. The molecule has 1 saturated carbocycles. The Hall–Kier alpha value is -2.17. The van der Waals surface area contributed by atoms with Gasteiger partial charge in [-0.3, -0.25) is 4.79 Å². The lowest BCUT2D eigenvalue weighted by atomic mass is 9.87. The molecule has 114 valence electrons. The van der Waals surface area contributed by atoms with Crippen molar-refractivity contribution in [3.05, 3.63) is 47.4 Å². The van der Waals surface area contributed by atoms with Crippen LogP contribution in [0.1, 0.15) is 55.2 Å². The van der Waals surface area contributed by atoms with Gasteiger partial charge in [0.1, 0.15) is 11.6 Å². The zero-order chi connectivity index (χ0) is 15.1. The summed E-state index contributed by atoms with van der Waals surface area (Å²) < 4.78 is 15.5. The van der Waals surface area contributed by atoms with Crippen LogP contribution in [0.2, 0.25) is 0 Å². The van der Waals surface area contributed by atoms with Gasteiger partial charge >= 0.3 is 0 Å². The van der Waals surface area contributed by atoms with Crippen molar-refractivity contribution < 1.29 is 9.18 Å². The Morgan fingerprint density at radius 1 is 1.27 bits per heavy atom. The molecular weight excluding hydrogens is 281 g/mol. The van der Waals surface area contributed by atoms with Crippen LogP contribution in [0.15, 0.2) is 30.5 Å². The monoisotopic (exact) mass is 299 g/mol.